The molecule has 2 saturated heterocycles. The monoisotopic (exact) mass is 360 g/mol. The van der Waals surface area contributed by atoms with Gasteiger partial charge >= 0.3 is 6.03 Å². The lowest BCUT2D eigenvalue weighted by atomic mass is 10.1. The fourth-order valence-corrected chi connectivity index (χ4v) is 3.37. The van der Waals surface area contributed by atoms with Crippen LogP contribution in [0.1, 0.15) is 15.9 Å². The third kappa shape index (κ3) is 4.53. The second-order valence-electron chi connectivity index (χ2n) is 7.05. The number of ether oxygens (including phenoxy) is 1. The Bertz CT molecular complexity index is 635. The summed E-state index contributed by atoms with van der Waals surface area (Å²) in [5.74, 6) is 0.0211. The summed E-state index contributed by atoms with van der Waals surface area (Å²) in [5, 5.41) is 0. The van der Waals surface area contributed by atoms with Crippen molar-refractivity contribution in [3.05, 3.63) is 35.4 Å². The summed E-state index contributed by atoms with van der Waals surface area (Å²) in [5.41, 5.74) is 1.85. The number of rotatable bonds is 3. The molecule has 142 valence electrons. The minimum atomic E-state index is 0.0211. The summed E-state index contributed by atoms with van der Waals surface area (Å²) in [4.78, 5) is 32.4. The van der Waals surface area contributed by atoms with Crippen LogP contribution in [0.15, 0.2) is 24.3 Å². The van der Waals surface area contributed by atoms with Gasteiger partial charge in [-0.05, 0) is 17.7 Å². The summed E-state index contributed by atoms with van der Waals surface area (Å²) in [7, 11) is 3.53. The Balaban J connectivity index is 1.52. The van der Waals surface area contributed by atoms with E-state index >= 15 is 0 Å². The first-order valence-electron chi connectivity index (χ1n) is 9.19. The van der Waals surface area contributed by atoms with Crippen LogP contribution in [-0.4, -0.2) is 98.1 Å². The van der Waals surface area contributed by atoms with Crippen molar-refractivity contribution in [2.24, 2.45) is 0 Å². The number of urea groups is 1. The molecule has 26 heavy (non-hydrogen) atoms. The van der Waals surface area contributed by atoms with Crippen molar-refractivity contribution in [2.45, 2.75) is 6.54 Å². The van der Waals surface area contributed by atoms with Crippen molar-refractivity contribution in [3.63, 3.8) is 0 Å². The van der Waals surface area contributed by atoms with Crippen LogP contribution < -0.4 is 0 Å². The highest BCUT2D eigenvalue weighted by atomic mass is 16.5. The predicted molar refractivity (Wildman–Crippen MR) is 99.1 cm³/mol. The van der Waals surface area contributed by atoms with E-state index in [0.717, 1.165) is 38.3 Å². The van der Waals surface area contributed by atoms with E-state index in [1.165, 1.54) is 0 Å². The molecular weight excluding hydrogens is 332 g/mol. The minimum absolute atomic E-state index is 0.0211. The lowest BCUT2D eigenvalue weighted by Gasteiger charge is -2.38. The second kappa shape index (κ2) is 8.51. The molecule has 0 spiro atoms. The van der Waals surface area contributed by atoms with E-state index in [2.05, 4.69) is 11.0 Å². The first kappa shape index (κ1) is 18.7. The van der Waals surface area contributed by atoms with Gasteiger partial charge in [-0.1, -0.05) is 12.1 Å². The molecule has 7 nitrogen and oxygen atoms in total. The van der Waals surface area contributed by atoms with Crippen molar-refractivity contribution in [1.29, 1.82) is 0 Å². The van der Waals surface area contributed by atoms with Crippen molar-refractivity contribution >= 4 is 11.9 Å². The molecule has 2 aliphatic heterocycles. The second-order valence-corrected chi connectivity index (χ2v) is 7.05. The zero-order valence-corrected chi connectivity index (χ0v) is 15.7. The summed E-state index contributed by atoms with van der Waals surface area (Å²) in [6, 6.07) is 7.94. The minimum Gasteiger partial charge on any atom is -0.378 e. The Labute approximate surface area is 155 Å². The number of carbonyl (C=O) groups is 2. The average molecular weight is 360 g/mol. The molecule has 0 radical (unpaired) electrons. The SMILES string of the molecule is CN(C)C(=O)c1cccc(CN2CCN(C(=O)N3CCOCC3)CC2)c1. The van der Waals surface area contributed by atoms with Gasteiger partial charge in [0.05, 0.1) is 13.2 Å². The zero-order valence-electron chi connectivity index (χ0n) is 15.7. The van der Waals surface area contributed by atoms with Crippen LogP contribution in [0, 0.1) is 0 Å². The standard InChI is InChI=1S/C19H28N4O3/c1-20(2)18(24)17-5-3-4-16(14-17)15-21-6-8-22(9-7-21)19(25)23-10-12-26-13-11-23/h3-5,14H,6-13,15H2,1-2H3. The number of hydrogen-bond acceptors (Lipinski definition) is 4. The van der Waals surface area contributed by atoms with Gasteiger partial charge in [0, 0.05) is 65.5 Å². The normalized spacial score (nSPS) is 18.7. The van der Waals surface area contributed by atoms with E-state index < -0.39 is 0 Å². The van der Waals surface area contributed by atoms with Gasteiger partial charge in [0.15, 0.2) is 0 Å². The number of morpholine rings is 1. The maximum absolute atomic E-state index is 12.5. The number of benzene rings is 1. The van der Waals surface area contributed by atoms with Crippen molar-refractivity contribution in [1.82, 2.24) is 19.6 Å². The molecule has 0 aromatic heterocycles. The van der Waals surface area contributed by atoms with E-state index in [1.54, 1.807) is 19.0 Å². The van der Waals surface area contributed by atoms with Gasteiger partial charge in [0.25, 0.3) is 5.91 Å². The molecular formula is C19H28N4O3. The fourth-order valence-electron chi connectivity index (χ4n) is 3.37. The van der Waals surface area contributed by atoms with Crippen LogP contribution >= 0.6 is 0 Å². The molecule has 1 aromatic carbocycles. The lowest BCUT2D eigenvalue weighted by molar-refractivity contribution is 0.0373. The molecule has 0 unspecified atom stereocenters. The molecule has 1 aromatic rings. The van der Waals surface area contributed by atoms with E-state index in [4.69, 9.17) is 4.74 Å². The molecule has 2 heterocycles. The molecule has 0 bridgehead atoms. The number of hydrogen-bond donors (Lipinski definition) is 0. The van der Waals surface area contributed by atoms with Crippen molar-refractivity contribution in [3.8, 4) is 0 Å². The van der Waals surface area contributed by atoms with Gasteiger partial charge < -0.3 is 19.4 Å². The van der Waals surface area contributed by atoms with Gasteiger partial charge in [-0.2, -0.15) is 0 Å². The molecule has 3 amide bonds. The average Bonchev–Trinajstić information content (AvgIpc) is 2.68. The van der Waals surface area contributed by atoms with Gasteiger partial charge in [-0.3, -0.25) is 9.69 Å². The van der Waals surface area contributed by atoms with Gasteiger partial charge in [0.2, 0.25) is 0 Å². The Morgan fingerprint density at radius 2 is 1.65 bits per heavy atom. The number of carbonyl (C=O) groups excluding carboxylic acids is 2. The van der Waals surface area contributed by atoms with Gasteiger partial charge in [-0.15, -0.1) is 0 Å². The number of nitrogens with zero attached hydrogens (tertiary/aromatic N) is 4. The van der Waals surface area contributed by atoms with Crippen molar-refractivity contribution < 1.29 is 14.3 Å². The smallest absolute Gasteiger partial charge is 0.320 e. The van der Waals surface area contributed by atoms with Crippen LogP contribution in [0.5, 0.6) is 0 Å². The van der Waals surface area contributed by atoms with E-state index in [1.807, 2.05) is 28.0 Å². The topological polar surface area (TPSA) is 56.3 Å². The highest BCUT2D eigenvalue weighted by Gasteiger charge is 2.26. The first-order chi connectivity index (χ1) is 12.5. The quantitative estimate of drug-likeness (QED) is 0.806. The van der Waals surface area contributed by atoms with E-state index in [0.29, 0.717) is 31.9 Å². The third-order valence-corrected chi connectivity index (χ3v) is 4.91. The van der Waals surface area contributed by atoms with Crippen LogP contribution in [0.4, 0.5) is 4.79 Å². The Morgan fingerprint density at radius 1 is 1.00 bits per heavy atom. The number of amides is 3. The Kier molecular flexibility index (Phi) is 6.11. The summed E-state index contributed by atoms with van der Waals surface area (Å²) >= 11 is 0. The molecule has 0 atom stereocenters. The summed E-state index contributed by atoms with van der Waals surface area (Å²) in [6.45, 7) is 6.62. The fraction of sp³-hybridized carbons (Fsp3) is 0.579. The Morgan fingerprint density at radius 3 is 2.31 bits per heavy atom. The third-order valence-electron chi connectivity index (χ3n) is 4.91. The van der Waals surface area contributed by atoms with Crippen LogP contribution in [0.25, 0.3) is 0 Å². The first-order valence-corrected chi connectivity index (χ1v) is 9.19. The molecule has 0 aliphatic carbocycles. The molecule has 2 fully saturated rings. The molecule has 3 rings (SSSR count). The maximum Gasteiger partial charge on any atom is 0.320 e. The van der Waals surface area contributed by atoms with Gasteiger partial charge in [-0.25, -0.2) is 4.79 Å². The van der Waals surface area contributed by atoms with Crippen LogP contribution in [0.2, 0.25) is 0 Å². The molecule has 0 N–H and O–H groups in total. The van der Waals surface area contributed by atoms with Gasteiger partial charge in [0.1, 0.15) is 0 Å². The maximum atomic E-state index is 12.5. The van der Waals surface area contributed by atoms with Crippen LogP contribution in [-0.2, 0) is 11.3 Å². The van der Waals surface area contributed by atoms with E-state index in [9.17, 15) is 9.59 Å². The number of piperazine rings is 1. The van der Waals surface area contributed by atoms with Crippen molar-refractivity contribution in [2.75, 3.05) is 66.6 Å². The molecule has 7 heteroatoms. The largest absolute Gasteiger partial charge is 0.378 e. The predicted octanol–water partition coefficient (Wildman–Crippen LogP) is 0.958. The van der Waals surface area contributed by atoms with Crippen LogP contribution in [0.3, 0.4) is 0 Å². The molecule has 2 aliphatic rings. The van der Waals surface area contributed by atoms with E-state index in [-0.39, 0.29) is 11.9 Å². The summed E-state index contributed by atoms with van der Waals surface area (Å²) in [6.07, 6.45) is 0. The highest BCUT2D eigenvalue weighted by Crippen LogP contribution is 2.13. The molecule has 0 saturated carbocycles. The lowest BCUT2D eigenvalue weighted by Crippen LogP contribution is -2.54. The zero-order chi connectivity index (χ0) is 18.5. The highest BCUT2D eigenvalue weighted by molar-refractivity contribution is 5.94. The Hall–Kier alpha value is -2.12. The summed E-state index contributed by atoms with van der Waals surface area (Å²) < 4.78 is 5.31.